The fourth-order valence-electron chi connectivity index (χ4n) is 7.10. The van der Waals surface area contributed by atoms with Crippen molar-refractivity contribution in [1.82, 2.24) is 35.5 Å². The van der Waals surface area contributed by atoms with E-state index in [0.717, 1.165) is 81.8 Å². The van der Waals surface area contributed by atoms with E-state index in [2.05, 4.69) is 75.2 Å². The molecule has 2 amide bonds. The quantitative estimate of drug-likeness (QED) is 0.150. The Bertz CT molecular complexity index is 2100. The molecule has 0 unspecified atom stereocenters. The van der Waals surface area contributed by atoms with Gasteiger partial charge >= 0.3 is 6.09 Å². The van der Waals surface area contributed by atoms with Crippen LogP contribution in [0.5, 0.6) is 0 Å². The van der Waals surface area contributed by atoms with E-state index in [1.807, 2.05) is 41.3 Å². The number of H-pyrrole nitrogens is 2. The predicted octanol–water partition coefficient (Wildman–Crippen LogP) is 6.96. The number of aromatic amines is 2. The van der Waals surface area contributed by atoms with Gasteiger partial charge in [0.1, 0.15) is 17.7 Å². The molecule has 10 nitrogen and oxygen atoms in total. The molecule has 3 atom stereocenters. The zero-order valence-electron chi connectivity index (χ0n) is 26.7. The van der Waals surface area contributed by atoms with Gasteiger partial charge in [-0.25, -0.2) is 14.8 Å². The molecular formula is C38H37N7O3. The number of likely N-dealkylation sites (tertiary alicyclic amines) is 1. The van der Waals surface area contributed by atoms with Crippen LogP contribution in [0.1, 0.15) is 61.0 Å². The van der Waals surface area contributed by atoms with E-state index in [1.165, 1.54) is 13.5 Å². The third-order valence-electron chi connectivity index (χ3n) is 9.62. The number of fused-ring (bicyclic) bond motifs is 2. The van der Waals surface area contributed by atoms with Crippen LogP contribution in [0.25, 0.3) is 44.3 Å². The van der Waals surface area contributed by atoms with Crippen molar-refractivity contribution in [2.45, 2.75) is 43.8 Å². The van der Waals surface area contributed by atoms with Crippen LogP contribution < -0.4 is 10.6 Å². The summed E-state index contributed by atoms with van der Waals surface area (Å²) in [5, 5.41) is 6.25. The van der Waals surface area contributed by atoms with E-state index < -0.39 is 12.1 Å². The van der Waals surface area contributed by atoms with Crippen LogP contribution in [0.3, 0.4) is 0 Å². The smallest absolute Gasteiger partial charge is 0.407 e. The largest absolute Gasteiger partial charge is 0.453 e. The molecule has 4 aromatic carbocycles. The molecular weight excluding hydrogens is 602 g/mol. The van der Waals surface area contributed by atoms with Crippen LogP contribution >= 0.6 is 0 Å². The molecule has 242 valence electrons. The van der Waals surface area contributed by atoms with E-state index in [9.17, 15) is 9.59 Å². The van der Waals surface area contributed by atoms with Crippen LogP contribution in [0.4, 0.5) is 4.79 Å². The number of ether oxygens (including phenoxy) is 1. The molecule has 0 radical (unpaired) electrons. The van der Waals surface area contributed by atoms with Gasteiger partial charge in [-0.3, -0.25) is 4.79 Å². The van der Waals surface area contributed by atoms with Gasteiger partial charge in [-0.15, -0.1) is 0 Å². The Morgan fingerprint density at radius 3 is 2.04 bits per heavy atom. The maximum absolute atomic E-state index is 13.9. The average Bonchev–Trinajstić information content (AvgIpc) is 3.96. The van der Waals surface area contributed by atoms with Crippen molar-refractivity contribution in [2.24, 2.45) is 0 Å². The molecule has 0 saturated carbocycles. The molecule has 8 rings (SSSR count). The van der Waals surface area contributed by atoms with E-state index in [0.29, 0.717) is 18.2 Å². The van der Waals surface area contributed by atoms with E-state index >= 15 is 0 Å². The van der Waals surface area contributed by atoms with Crippen molar-refractivity contribution in [3.8, 4) is 22.3 Å². The number of aromatic nitrogens is 4. The maximum Gasteiger partial charge on any atom is 0.407 e. The SMILES string of the molecule is COC(=O)N[C@@H](C(=O)N1CCC[C@H]1c1nc2ccc(-c3ccc(-c4ccc5nc([C@@H]6CCCN6)[nH]c5c4)cc3)cc2[nH]1)c1ccccc1. The van der Waals surface area contributed by atoms with Crippen molar-refractivity contribution in [2.75, 3.05) is 20.2 Å². The number of hydrogen-bond acceptors (Lipinski definition) is 6. The van der Waals surface area contributed by atoms with Crippen LogP contribution in [-0.2, 0) is 9.53 Å². The number of amides is 2. The first-order valence-electron chi connectivity index (χ1n) is 16.6. The van der Waals surface area contributed by atoms with Gasteiger partial charge in [0, 0.05) is 6.54 Å². The second-order valence-electron chi connectivity index (χ2n) is 12.6. The van der Waals surface area contributed by atoms with Crippen molar-refractivity contribution in [1.29, 1.82) is 0 Å². The van der Waals surface area contributed by atoms with Crippen molar-refractivity contribution >= 4 is 34.1 Å². The minimum Gasteiger partial charge on any atom is -0.453 e. The molecule has 48 heavy (non-hydrogen) atoms. The van der Waals surface area contributed by atoms with Crippen LogP contribution in [0.2, 0.25) is 0 Å². The highest BCUT2D eigenvalue weighted by Gasteiger charge is 2.37. The van der Waals surface area contributed by atoms with Crippen molar-refractivity contribution in [3.63, 3.8) is 0 Å². The number of hydrogen-bond donors (Lipinski definition) is 4. The van der Waals surface area contributed by atoms with E-state index in [-0.39, 0.29) is 11.9 Å². The summed E-state index contributed by atoms with van der Waals surface area (Å²) in [6.07, 6.45) is 3.27. The first kappa shape index (κ1) is 29.9. The number of carbonyl (C=O) groups is 2. The summed E-state index contributed by atoms with van der Waals surface area (Å²) in [5.41, 5.74) is 8.97. The van der Waals surface area contributed by atoms with Crippen molar-refractivity contribution < 1.29 is 14.3 Å². The fourth-order valence-corrected chi connectivity index (χ4v) is 7.10. The molecule has 2 saturated heterocycles. The molecule has 0 spiro atoms. The summed E-state index contributed by atoms with van der Waals surface area (Å²) < 4.78 is 4.83. The van der Waals surface area contributed by atoms with Gasteiger partial charge in [-0.05, 0) is 84.3 Å². The standard InChI is InChI=1S/C38H37N7O3/c1-48-38(47)44-34(25-7-3-2-4-8-25)37(46)45-20-6-10-33(45)36-41-29-18-16-27(22-32(29)43-36)24-13-11-23(12-14-24)26-15-17-28-31(21-26)42-35(40-28)30-9-5-19-39-30/h2-4,7-8,11-18,21-22,30,33-34,39H,5-6,9-10,19-20H2,1H3,(H,40,42)(H,41,43)(H,44,47)/t30-,33-,34+/m0/s1. The number of imidazole rings is 2. The summed E-state index contributed by atoms with van der Waals surface area (Å²) in [5.74, 6) is 1.58. The van der Waals surface area contributed by atoms with Gasteiger partial charge in [0.25, 0.3) is 5.91 Å². The maximum atomic E-state index is 13.9. The van der Waals surface area contributed by atoms with E-state index in [1.54, 1.807) is 0 Å². The Kier molecular flexibility index (Phi) is 7.85. The Balaban J connectivity index is 1.02. The molecule has 2 aromatic heterocycles. The Labute approximate surface area is 277 Å². The molecule has 2 aliphatic rings. The predicted molar refractivity (Wildman–Crippen MR) is 185 cm³/mol. The van der Waals surface area contributed by atoms with Gasteiger partial charge in [0.15, 0.2) is 0 Å². The molecule has 0 bridgehead atoms. The lowest BCUT2D eigenvalue weighted by Gasteiger charge is -2.28. The minimum absolute atomic E-state index is 0.187. The molecule has 4 heterocycles. The van der Waals surface area contributed by atoms with Gasteiger partial charge < -0.3 is 30.2 Å². The highest BCUT2D eigenvalue weighted by molar-refractivity contribution is 5.88. The van der Waals surface area contributed by atoms with Crippen LogP contribution in [-0.4, -0.2) is 57.0 Å². The highest BCUT2D eigenvalue weighted by Crippen LogP contribution is 2.35. The minimum atomic E-state index is -0.855. The average molecular weight is 640 g/mol. The Hall–Kier alpha value is -5.48. The second kappa shape index (κ2) is 12.6. The lowest BCUT2D eigenvalue weighted by Crippen LogP contribution is -2.42. The lowest BCUT2D eigenvalue weighted by molar-refractivity contribution is -0.134. The fraction of sp³-hybridized carbons (Fsp3) is 0.263. The first-order valence-corrected chi connectivity index (χ1v) is 16.6. The Morgan fingerprint density at radius 1 is 0.792 bits per heavy atom. The first-order chi connectivity index (χ1) is 23.5. The monoisotopic (exact) mass is 639 g/mol. The third kappa shape index (κ3) is 5.68. The molecule has 0 aliphatic carbocycles. The lowest BCUT2D eigenvalue weighted by atomic mass is 10.00. The van der Waals surface area contributed by atoms with Gasteiger partial charge in [0.2, 0.25) is 0 Å². The summed E-state index contributed by atoms with van der Waals surface area (Å²) in [6.45, 7) is 1.62. The highest BCUT2D eigenvalue weighted by atomic mass is 16.5. The molecule has 2 aliphatic heterocycles. The second-order valence-corrected chi connectivity index (χ2v) is 12.6. The summed E-state index contributed by atoms with van der Waals surface area (Å²) in [7, 11) is 1.29. The molecule has 10 heteroatoms. The van der Waals surface area contributed by atoms with Gasteiger partial charge in [-0.1, -0.05) is 66.7 Å². The topological polar surface area (TPSA) is 128 Å². The normalized spacial score (nSPS) is 18.4. The number of carbonyl (C=O) groups excluding carboxylic acids is 2. The number of alkyl carbamates (subject to hydrolysis) is 1. The molecule has 2 fully saturated rings. The van der Waals surface area contributed by atoms with Gasteiger partial charge in [-0.2, -0.15) is 0 Å². The molecule has 4 N–H and O–H groups in total. The number of benzene rings is 4. The summed E-state index contributed by atoms with van der Waals surface area (Å²) >= 11 is 0. The summed E-state index contributed by atoms with van der Waals surface area (Å²) in [4.78, 5) is 44.7. The van der Waals surface area contributed by atoms with Crippen molar-refractivity contribution in [3.05, 3.63) is 108 Å². The third-order valence-corrected chi connectivity index (χ3v) is 9.62. The summed E-state index contributed by atoms with van der Waals surface area (Å²) in [6, 6.07) is 29.7. The van der Waals surface area contributed by atoms with E-state index in [4.69, 9.17) is 14.7 Å². The van der Waals surface area contributed by atoms with Crippen LogP contribution in [0, 0.1) is 0 Å². The number of nitrogens with zero attached hydrogens (tertiary/aromatic N) is 3. The number of rotatable bonds is 7. The number of methoxy groups -OCH3 is 1. The zero-order valence-corrected chi connectivity index (χ0v) is 26.7. The van der Waals surface area contributed by atoms with Gasteiger partial charge in [0.05, 0.1) is 41.3 Å². The Morgan fingerprint density at radius 2 is 1.42 bits per heavy atom. The van der Waals surface area contributed by atoms with Crippen LogP contribution in [0.15, 0.2) is 91.0 Å². The number of nitrogens with one attached hydrogen (secondary N) is 4. The zero-order chi connectivity index (χ0) is 32.6. The molecule has 6 aromatic rings.